The predicted octanol–water partition coefficient (Wildman–Crippen LogP) is 5.19. The molecule has 1 saturated heterocycles. The first-order chi connectivity index (χ1) is 19.4. The molecule has 2 atom stereocenters. The van der Waals surface area contributed by atoms with Gasteiger partial charge in [0.25, 0.3) is 0 Å². The zero-order valence-electron chi connectivity index (χ0n) is 22.3. The summed E-state index contributed by atoms with van der Waals surface area (Å²) in [4.78, 5) is 30.7. The average Bonchev–Trinajstić information content (AvgIpc) is 3.61. The molecule has 0 radical (unpaired) electrons. The molecule has 40 heavy (non-hydrogen) atoms. The highest BCUT2D eigenvalue weighted by Gasteiger charge is 2.42. The molecule has 2 N–H and O–H groups in total. The number of benzene rings is 2. The van der Waals surface area contributed by atoms with Crippen molar-refractivity contribution in [2.24, 2.45) is 0 Å². The number of nitrogens with zero attached hydrogens (tertiary/aromatic N) is 3. The number of esters is 1. The highest BCUT2D eigenvalue weighted by atomic mass is 32.1. The fraction of sp³-hybridized carbons (Fsp3) is 0.200. The number of nitrogens with one attached hydrogen (secondary N) is 2. The van der Waals surface area contributed by atoms with E-state index in [9.17, 15) is 9.59 Å². The lowest BCUT2D eigenvalue weighted by Crippen LogP contribution is -2.30. The van der Waals surface area contributed by atoms with E-state index in [4.69, 9.17) is 21.7 Å². The summed E-state index contributed by atoms with van der Waals surface area (Å²) in [5.74, 6) is 0.0306. The van der Waals surface area contributed by atoms with Crippen molar-refractivity contribution in [2.45, 2.75) is 25.4 Å². The lowest BCUT2D eigenvalue weighted by molar-refractivity contribution is -0.115. The number of pyridine rings is 1. The molecule has 10 heteroatoms. The Morgan fingerprint density at radius 3 is 2.48 bits per heavy atom. The van der Waals surface area contributed by atoms with E-state index in [1.807, 2.05) is 71.8 Å². The fourth-order valence-corrected chi connectivity index (χ4v) is 5.20. The highest BCUT2D eigenvalue weighted by molar-refractivity contribution is 7.80. The van der Waals surface area contributed by atoms with Crippen LogP contribution in [0, 0.1) is 0 Å². The van der Waals surface area contributed by atoms with Crippen molar-refractivity contribution in [3.63, 3.8) is 0 Å². The SMILES string of the molecule is CCC(=O)Nc1ccc(N2C(=S)N[C@H](c3ccccn3)[C@H]2c2cccn2-c2ccc(C(=O)OC)cc2)cc1OC. The van der Waals surface area contributed by atoms with Gasteiger partial charge < -0.3 is 29.6 Å². The number of anilines is 2. The Labute approximate surface area is 237 Å². The van der Waals surface area contributed by atoms with E-state index in [0.717, 1.165) is 22.8 Å². The number of rotatable bonds is 8. The third-order valence-corrected chi connectivity index (χ3v) is 7.12. The minimum absolute atomic E-state index is 0.103. The molecule has 0 bridgehead atoms. The van der Waals surface area contributed by atoms with Gasteiger partial charge in [0.05, 0.1) is 37.2 Å². The maximum atomic E-state index is 12.1. The number of hydrogen-bond donors (Lipinski definition) is 2. The van der Waals surface area contributed by atoms with E-state index in [-0.39, 0.29) is 18.0 Å². The number of ether oxygens (including phenoxy) is 2. The van der Waals surface area contributed by atoms with E-state index in [1.54, 1.807) is 32.4 Å². The van der Waals surface area contributed by atoms with Crippen molar-refractivity contribution in [2.75, 3.05) is 24.4 Å². The number of aromatic nitrogens is 2. The van der Waals surface area contributed by atoms with Crippen molar-refractivity contribution < 1.29 is 19.1 Å². The number of carbonyl (C=O) groups is 2. The molecule has 2 aromatic carbocycles. The Morgan fingerprint density at radius 1 is 1.02 bits per heavy atom. The van der Waals surface area contributed by atoms with Crippen molar-refractivity contribution in [3.8, 4) is 11.4 Å². The summed E-state index contributed by atoms with van der Waals surface area (Å²) in [6.45, 7) is 1.80. The Balaban J connectivity index is 1.60. The van der Waals surface area contributed by atoms with Crippen LogP contribution in [0.2, 0.25) is 0 Å². The first-order valence-electron chi connectivity index (χ1n) is 12.8. The fourth-order valence-electron chi connectivity index (χ4n) is 4.85. The second kappa shape index (κ2) is 11.6. The minimum Gasteiger partial charge on any atom is -0.494 e. The molecule has 1 amide bonds. The van der Waals surface area contributed by atoms with Crippen LogP contribution in [0.5, 0.6) is 5.75 Å². The zero-order valence-corrected chi connectivity index (χ0v) is 23.1. The molecule has 3 heterocycles. The van der Waals surface area contributed by atoms with Crippen LogP contribution in [-0.4, -0.2) is 40.8 Å². The van der Waals surface area contributed by atoms with Crippen LogP contribution < -0.4 is 20.3 Å². The van der Waals surface area contributed by atoms with Crippen LogP contribution in [0.1, 0.15) is 47.2 Å². The molecule has 0 saturated carbocycles. The second-order valence-corrected chi connectivity index (χ2v) is 9.51. The molecular formula is C30H29N5O4S. The molecule has 1 fully saturated rings. The smallest absolute Gasteiger partial charge is 0.337 e. The van der Waals surface area contributed by atoms with E-state index < -0.39 is 5.97 Å². The summed E-state index contributed by atoms with van der Waals surface area (Å²) in [6.07, 6.45) is 4.09. The van der Waals surface area contributed by atoms with E-state index >= 15 is 0 Å². The molecule has 204 valence electrons. The summed E-state index contributed by atoms with van der Waals surface area (Å²) >= 11 is 5.89. The van der Waals surface area contributed by atoms with Gasteiger partial charge in [0, 0.05) is 41.9 Å². The number of carbonyl (C=O) groups excluding carboxylic acids is 2. The summed E-state index contributed by atoms with van der Waals surface area (Å²) in [5, 5.41) is 6.88. The monoisotopic (exact) mass is 555 g/mol. The van der Waals surface area contributed by atoms with Gasteiger partial charge in [-0.3, -0.25) is 9.78 Å². The molecule has 2 aromatic heterocycles. The largest absolute Gasteiger partial charge is 0.494 e. The molecule has 4 aromatic rings. The lowest BCUT2D eigenvalue weighted by Gasteiger charge is -2.29. The number of methoxy groups -OCH3 is 2. The van der Waals surface area contributed by atoms with Crippen molar-refractivity contribution in [3.05, 3.63) is 102 Å². The van der Waals surface area contributed by atoms with Gasteiger partial charge in [0.1, 0.15) is 11.8 Å². The van der Waals surface area contributed by atoms with E-state index in [1.165, 1.54) is 7.11 Å². The summed E-state index contributed by atoms with van der Waals surface area (Å²) < 4.78 is 12.6. The maximum absolute atomic E-state index is 12.1. The Kier molecular flexibility index (Phi) is 7.79. The van der Waals surface area contributed by atoms with Crippen LogP contribution in [0.15, 0.2) is 85.2 Å². The molecule has 9 nitrogen and oxygen atoms in total. The van der Waals surface area contributed by atoms with Gasteiger partial charge in [-0.25, -0.2) is 4.79 Å². The highest BCUT2D eigenvalue weighted by Crippen LogP contribution is 2.43. The molecule has 0 aliphatic carbocycles. The molecule has 5 rings (SSSR count). The molecule has 1 aliphatic rings. The Morgan fingerprint density at radius 2 is 1.80 bits per heavy atom. The van der Waals surface area contributed by atoms with Crippen LogP contribution in [0.3, 0.4) is 0 Å². The first kappa shape index (κ1) is 26.9. The van der Waals surface area contributed by atoms with Gasteiger partial charge in [-0.1, -0.05) is 13.0 Å². The van der Waals surface area contributed by atoms with Gasteiger partial charge in [0.15, 0.2) is 5.11 Å². The molecular weight excluding hydrogens is 526 g/mol. The van der Waals surface area contributed by atoms with E-state index in [2.05, 4.69) is 20.2 Å². The second-order valence-electron chi connectivity index (χ2n) is 9.12. The average molecular weight is 556 g/mol. The Hall–Kier alpha value is -4.70. The van der Waals surface area contributed by atoms with Gasteiger partial charge in [-0.15, -0.1) is 0 Å². The molecule has 1 aliphatic heterocycles. The topological polar surface area (TPSA) is 97.7 Å². The van der Waals surface area contributed by atoms with Gasteiger partial charge in [0.2, 0.25) is 5.91 Å². The third kappa shape index (κ3) is 5.13. The quantitative estimate of drug-likeness (QED) is 0.226. The van der Waals surface area contributed by atoms with Gasteiger partial charge >= 0.3 is 5.97 Å². The first-order valence-corrected chi connectivity index (χ1v) is 13.2. The lowest BCUT2D eigenvalue weighted by atomic mass is 10.0. The van der Waals surface area contributed by atoms with Crippen LogP contribution >= 0.6 is 12.2 Å². The number of thiocarbonyl (C=S) groups is 1. The predicted molar refractivity (Wildman–Crippen MR) is 157 cm³/mol. The van der Waals surface area contributed by atoms with Crippen LogP contribution in [0.25, 0.3) is 5.69 Å². The van der Waals surface area contributed by atoms with Gasteiger partial charge in [-0.05, 0) is 72.9 Å². The Bertz CT molecular complexity index is 1540. The summed E-state index contributed by atoms with van der Waals surface area (Å²) in [5.41, 5.74) is 4.52. The van der Waals surface area contributed by atoms with E-state index in [0.29, 0.717) is 28.5 Å². The summed E-state index contributed by atoms with van der Waals surface area (Å²) in [6, 6.07) is 22.1. The third-order valence-electron chi connectivity index (χ3n) is 6.81. The normalized spacial score (nSPS) is 16.4. The standard InChI is InChI=1S/C30H29N5O4S/c1-4-26(36)32-22-15-14-21(18-25(22)38-2)35-28(27(33-30(35)40)23-8-5-6-16-31-23)24-9-7-17-34(24)20-12-10-19(11-13-20)29(37)39-3/h5-18,27-28H,4H2,1-3H3,(H,32,36)(H,33,40)/t27-,28-/m1/s1. The zero-order chi connectivity index (χ0) is 28.2. The number of amides is 1. The van der Waals surface area contributed by atoms with Crippen molar-refractivity contribution in [1.82, 2.24) is 14.9 Å². The minimum atomic E-state index is -0.390. The van der Waals surface area contributed by atoms with Crippen LogP contribution in [0.4, 0.5) is 11.4 Å². The van der Waals surface area contributed by atoms with Crippen molar-refractivity contribution in [1.29, 1.82) is 0 Å². The van der Waals surface area contributed by atoms with Crippen LogP contribution in [-0.2, 0) is 9.53 Å². The van der Waals surface area contributed by atoms with Crippen molar-refractivity contribution >= 4 is 40.6 Å². The summed E-state index contributed by atoms with van der Waals surface area (Å²) in [7, 11) is 2.93. The maximum Gasteiger partial charge on any atom is 0.337 e. The molecule has 0 unspecified atom stereocenters. The number of hydrogen-bond acceptors (Lipinski definition) is 6. The molecule has 0 spiro atoms. The van der Waals surface area contributed by atoms with Gasteiger partial charge in [-0.2, -0.15) is 0 Å².